The molecule has 5 heteroatoms. The van der Waals surface area contributed by atoms with Crippen LogP contribution in [0.5, 0.6) is 0 Å². The van der Waals surface area contributed by atoms with Gasteiger partial charge in [-0.15, -0.1) is 0 Å². The molecule has 0 aliphatic heterocycles. The van der Waals surface area contributed by atoms with Crippen LogP contribution in [0.15, 0.2) is 30.3 Å². The number of amides is 1. The second-order valence-corrected chi connectivity index (χ2v) is 4.18. The van der Waals surface area contributed by atoms with Crippen molar-refractivity contribution in [2.45, 2.75) is 19.4 Å². The van der Waals surface area contributed by atoms with Crippen LogP contribution in [0, 0.1) is 6.92 Å². The number of nitrogens with one attached hydrogen (secondary N) is 1. The average Bonchev–Trinajstić information content (AvgIpc) is 2.36. The summed E-state index contributed by atoms with van der Waals surface area (Å²) in [6.45, 7) is 2.08. The van der Waals surface area contributed by atoms with E-state index in [1.165, 1.54) is 6.08 Å². The lowest BCUT2D eigenvalue weighted by atomic mass is 10.1. The van der Waals surface area contributed by atoms with Crippen molar-refractivity contribution in [2.24, 2.45) is 0 Å². The summed E-state index contributed by atoms with van der Waals surface area (Å²) >= 11 is 0. The summed E-state index contributed by atoms with van der Waals surface area (Å²) in [5, 5.41) is 20.0. The van der Waals surface area contributed by atoms with E-state index in [-0.39, 0.29) is 18.9 Å². The summed E-state index contributed by atoms with van der Waals surface area (Å²) in [5.74, 6) is -1.61. The number of aliphatic hydroxyl groups excluding tert-OH is 1. The van der Waals surface area contributed by atoms with E-state index < -0.39 is 12.1 Å². The summed E-state index contributed by atoms with van der Waals surface area (Å²) in [6, 6.07) is 7.68. The molecule has 19 heavy (non-hydrogen) atoms. The Kier molecular flexibility index (Phi) is 5.75. The average molecular weight is 263 g/mol. The van der Waals surface area contributed by atoms with E-state index in [0.29, 0.717) is 0 Å². The maximum Gasteiger partial charge on any atom is 0.332 e. The summed E-state index contributed by atoms with van der Waals surface area (Å²) in [5.41, 5.74) is 2.02. The molecule has 0 radical (unpaired) electrons. The molecule has 102 valence electrons. The maximum absolute atomic E-state index is 11.4. The number of benzene rings is 1. The molecule has 0 aliphatic rings. The zero-order chi connectivity index (χ0) is 14.3. The zero-order valence-electron chi connectivity index (χ0n) is 10.7. The minimum atomic E-state index is -1.44. The van der Waals surface area contributed by atoms with Crippen LogP contribution >= 0.6 is 0 Å². The van der Waals surface area contributed by atoms with Gasteiger partial charge in [0.1, 0.15) is 0 Å². The van der Waals surface area contributed by atoms with Gasteiger partial charge >= 0.3 is 5.97 Å². The predicted molar refractivity (Wildman–Crippen MR) is 71.5 cm³/mol. The SMILES string of the molecule is Cc1cccc(/C=C/C(=O)NCCC(O)C(=O)O)c1. The van der Waals surface area contributed by atoms with Crippen molar-refractivity contribution in [3.8, 4) is 0 Å². The third-order valence-corrected chi connectivity index (χ3v) is 2.47. The van der Waals surface area contributed by atoms with Gasteiger partial charge in [0.25, 0.3) is 0 Å². The lowest BCUT2D eigenvalue weighted by Gasteiger charge is -2.05. The number of carbonyl (C=O) groups excluding carboxylic acids is 1. The second-order valence-electron chi connectivity index (χ2n) is 4.18. The van der Waals surface area contributed by atoms with Gasteiger partial charge in [-0.2, -0.15) is 0 Å². The normalized spacial score (nSPS) is 12.3. The van der Waals surface area contributed by atoms with Crippen molar-refractivity contribution in [2.75, 3.05) is 6.54 Å². The Hall–Kier alpha value is -2.14. The first-order chi connectivity index (χ1) is 8.99. The number of rotatable bonds is 6. The first-order valence-corrected chi connectivity index (χ1v) is 5.92. The van der Waals surface area contributed by atoms with Gasteiger partial charge in [0, 0.05) is 19.0 Å². The van der Waals surface area contributed by atoms with E-state index >= 15 is 0 Å². The smallest absolute Gasteiger partial charge is 0.332 e. The fourth-order valence-corrected chi connectivity index (χ4v) is 1.46. The first kappa shape index (κ1) is 14.9. The van der Waals surface area contributed by atoms with Crippen LogP contribution in [0.1, 0.15) is 17.5 Å². The van der Waals surface area contributed by atoms with E-state index in [0.717, 1.165) is 11.1 Å². The Morgan fingerprint density at radius 1 is 1.42 bits per heavy atom. The van der Waals surface area contributed by atoms with Crippen molar-refractivity contribution in [3.63, 3.8) is 0 Å². The minimum Gasteiger partial charge on any atom is -0.479 e. The van der Waals surface area contributed by atoms with Gasteiger partial charge in [-0.1, -0.05) is 29.8 Å². The summed E-state index contributed by atoms with van der Waals surface area (Å²) < 4.78 is 0. The fourth-order valence-electron chi connectivity index (χ4n) is 1.46. The van der Waals surface area contributed by atoms with Crippen molar-refractivity contribution in [1.82, 2.24) is 5.32 Å². The Morgan fingerprint density at radius 2 is 2.16 bits per heavy atom. The highest BCUT2D eigenvalue weighted by Crippen LogP contribution is 2.05. The van der Waals surface area contributed by atoms with E-state index in [4.69, 9.17) is 10.2 Å². The first-order valence-electron chi connectivity index (χ1n) is 5.92. The molecular weight excluding hydrogens is 246 g/mol. The molecule has 1 unspecified atom stereocenters. The van der Waals surface area contributed by atoms with E-state index in [1.807, 2.05) is 31.2 Å². The third-order valence-electron chi connectivity index (χ3n) is 2.47. The molecule has 3 N–H and O–H groups in total. The quantitative estimate of drug-likeness (QED) is 0.667. The zero-order valence-corrected chi connectivity index (χ0v) is 10.7. The number of aliphatic carboxylic acids is 1. The Morgan fingerprint density at radius 3 is 2.79 bits per heavy atom. The topological polar surface area (TPSA) is 86.6 Å². The highest BCUT2D eigenvalue weighted by molar-refractivity contribution is 5.91. The van der Waals surface area contributed by atoms with E-state index in [1.54, 1.807) is 6.08 Å². The van der Waals surface area contributed by atoms with Crippen molar-refractivity contribution in [3.05, 3.63) is 41.5 Å². The maximum atomic E-state index is 11.4. The minimum absolute atomic E-state index is 0.0145. The summed E-state index contributed by atoms with van der Waals surface area (Å²) in [7, 11) is 0. The number of aryl methyl sites for hydroxylation is 1. The molecule has 1 rings (SSSR count). The van der Waals surface area contributed by atoms with Crippen LogP contribution in [0.25, 0.3) is 6.08 Å². The van der Waals surface area contributed by atoms with Gasteiger partial charge in [0.15, 0.2) is 6.10 Å². The lowest BCUT2D eigenvalue weighted by Crippen LogP contribution is -2.28. The van der Waals surface area contributed by atoms with Crippen LogP contribution in [-0.2, 0) is 9.59 Å². The van der Waals surface area contributed by atoms with Gasteiger partial charge < -0.3 is 15.5 Å². The molecule has 1 amide bonds. The number of carboxylic acids is 1. The van der Waals surface area contributed by atoms with E-state index in [9.17, 15) is 9.59 Å². The molecule has 1 aromatic rings. The van der Waals surface area contributed by atoms with Gasteiger partial charge in [-0.3, -0.25) is 4.79 Å². The Bertz CT molecular complexity index is 482. The lowest BCUT2D eigenvalue weighted by molar-refractivity contribution is -0.147. The van der Waals surface area contributed by atoms with Crippen LogP contribution in [0.3, 0.4) is 0 Å². The highest BCUT2D eigenvalue weighted by atomic mass is 16.4. The van der Waals surface area contributed by atoms with Crippen molar-refractivity contribution in [1.29, 1.82) is 0 Å². The molecule has 0 fully saturated rings. The molecular formula is C14H17NO4. The summed E-state index contributed by atoms with van der Waals surface area (Å²) in [6.07, 6.45) is 1.60. The van der Waals surface area contributed by atoms with Crippen molar-refractivity contribution < 1.29 is 19.8 Å². The molecule has 0 saturated carbocycles. The second kappa shape index (κ2) is 7.33. The number of carbonyl (C=O) groups is 2. The monoisotopic (exact) mass is 263 g/mol. The van der Waals surface area contributed by atoms with Gasteiger partial charge in [0.05, 0.1) is 0 Å². The van der Waals surface area contributed by atoms with Crippen LogP contribution in [-0.4, -0.2) is 34.7 Å². The van der Waals surface area contributed by atoms with Gasteiger partial charge in [0.2, 0.25) is 5.91 Å². The van der Waals surface area contributed by atoms with Gasteiger partial charge in [-0.25, -0.2) is 4.79 Å². The highest BCUT2D eigenvalue weighted by Gasteiger charge is 2.12. The summed E-state index contributed by atoms with van der Waals surface area (Å²) in [4.78, 5) is 21.8. The predicted octanol–water partition coefficient (Wildman–Crippen LogP) is 0.960. The molecule has 0 spiro atoms. The molecule has 5 nitrogen and oxygen atoms in total. The third kappa shape index (κ3) is 5.83. The number of aliphatic hydroxyl groups is 1. The largest absolute Gasteiger partial charge is 0.479 e. The fraction of sp³-hybridized carbons (Fsp3) is 0.286. The number of hydrogen-bond acceptors (Lipinski definition) is 3. The Balaban J connectivity index is 2.37. The van der Waals surface area contributed by atoms with Crippen molar-refractivity contribution >= 4 is 18.0 Å². The number of hydrogen-bond donors (Lipinski definition) is 3. The van der Waals surface area contributed by atoms with Crippen LogP contribution < -0.4 is 5.32 Å². The molecule has 0 aromatic heterocycles. The molecule has 0 bridgehead atoms. The van der Waals surface area contributed by atoms with E-state index in [2.05, 4.69) is 5.32 Å². The van der Waals surface area contributed by atoms with Crippen LogP contribution in [0.4, 0.5) is 0 Å². The molecule has 0 aliphatic carbocycles. The standard InChI is InChI=1S/C14H17NO4/c1-10-3-2-4-11(9-10)5-6-13(17)15-8-7-12(16)14(18)19/h2-6,9,12,16H,7-8H2,1H3,(H,15,17)(H,18,19)/b6-5+. The molecule has 1 atom stereocenters. The molecule has 0 heterocycles. The van der Waals surface area contributed by atoms with Crippen LogP contribution in [0.2, 0.25) is 0 Å². The van der Waals surface area contributed by atoms with Gasteiger partial charge in [-0.05, 0) is 18.6 Å². The molecule has 1 aromatic carbocycles. The Labute approximate surface area is 111 Å². The molecule has 0 saturated heterocycles. The number of carboxylic acid groups (broad SMARTS) is 1.